The number of ether oxygens (including phenoxy) is 1. The number of aryl methyl sites for hydroxylation is 1. The van der Waals surface area contributed by atoms with E-state index in [0.717, 1.165) is 22.9 Å². The predicted molar refractivity (Wildman–Crippen MR) is 173 cm³/mol. The van der Waals surface area contributed by atoms with Crippen LogP contribution in [0, 0.1) is 6.92 Å². The Hall–Kier alpha value is -3.85. The Morgan fingerprint density at radius 2 is 1.53 bits per heavy atom. The van der Waals surface area contributed by atoms with Crippen molar-refractivity contribution in [3.63, 3.8) is 0 Å². The molecule has 0 unspecified atom stereocenters. The highest BCUT2D eigenvalue weighted by Crippen LogP contribution is 2.23. The molecule has 3 aromatic rings. The van der Waals surface area contributed by atoms with E-state index in [1.54, 1.807) is 29.2 Å². The summed E-state index contributed by atoms with van der Waals surface area (Å²) in [7, 11) is -3.60. The maximum atomic E-state index is 14.0. The Morgan fingerprint density at radius 3 is 2.09 bits per heavy atom. The number of carbonyl (C=O) groups is 2. The second-order valence-corrected chi connectivity index (χ2v) is 13.7. The summed E-state index contributed by atoms with van der Waals surface area (Å²) in [5.74, 6) is 0.203. The average Bonchev–Trinajstić information content (AvgIpc) is 2.93. The van der Waals surface area contributed by atoms with Crippen LogP contribution in [0.2, 0.25) is 0 Å². The number of rotatable bonds is 14. The Bertz CT molecular complexity index is 1430. The maximum absolute atomic E-state index is 14.0. The largest absolute Gasteiger partial charge is 0.494 e. The highest BCUT2D eigenvalue weighted by atomic mass is 32.2. The molecule has 0 aliphatic heterocycles. The minimum atomic E-state index is -3.60. The predicted octanol–water partition coefficient (Wildman–Crippen LogP) is 5.49. The molecule has 9 heteroatoms. The quantitative estimate of drug-likeness (QED) is 0.261. The number of hydrogen-bond donors (Lipinski definition) is 1. The number of nitrogens with zero attached hydrogens (tertiary/aromatic N) is 2. The van der Waals surface area contributed by atoms with Crippen LogP contribution in [0.5, 0.6) is 5.75 Å². The maximum Gasteiger partial charge on any atom is 0.243 e. The fourth-order valence-corrected chi connectivity index (χ4v) is 5.74. The van der Waals surface area contributed by atoms with Crippen molar-refractivity contribution >= 4 is 27.5 Å². The second-order valence-electron chi connectivity index (χ2n) is 11.8. The van der Waals surface area contributed by atoms with Crippen LogP contribution in [0.4, 0.5) is 5.69 Å². The third-order valence-corrected chi connectivity index (χ3v) is 8.02. The first-order valence-electron chi connectivity index (χ1n) is 14.7. The van der Waals surface area contributed by atoms with E-state index in [0.29, 0.717) is 24.5 Å². The Kier molecular flexibility index (Phi) is 11.8. The Balaban J connectivity index is 1.87. The molecular weight excluding hydrogens is 562 g/mol. The van der Waals surface area contributed by atoms with E-state index in [4.69, 9.17) is 4.74 Å². The molecule has 0 aliphatic carbocycles. The van der Waals surface area contributed by atoms with Gasteiger partial charge in [0.1, 0.15) is 11.8 Å². The number of amides is 2. The Morgan fingerprint density at radius 1 is 0.907 bits per heavy atom. The molecule has 1 atom stereocenters. The van der Waals surface area contributed by atoms with Crippen molar-refractivity contribution in [2.45, 2.75) is 72.0 Å². The summed E-state index contributed by atoms with van der Waals surface area (Å²) in [4.78, 5) is 29.3. The number of nitrogens with one attached hydrogen (secondary N) is 1. The molecule has 0 heterocycles. The third-order valence-electron chi connectivity index (χ3n) is 6.83. The molecule has 1 N–H and O–H groups in total. The molecule has 0 radical (unpaired) electrons. The number of carbonyl (C=O) groups excluding carboxylic acids is 2. The number of anilines is 1. The third kappa shape index (κ3) is 10.7. The first-order valence-corrected chi connectivity index (χ1v) is 16.5. The van der Waals surface area contributed by atoms with Gasteiger partial charge in [-0.2, -0.15) is 0 Å². The van der Waals surface area contributed by atoms with Crippen molar-refractivity contribution in [3.05, 3.63) is 95.6 Å². The monoisotopic (exact) mass is 607 g/mol. The molecule has 3 rings (SSSR count). The Labute approximate surface area is 257 Å². The number of benzene rings is 3. The molecule has 43 heavy (non-hydrogen) atoms. The molecular formula is C34H45N3O5S. The summed E-state index contributed by atoms with van der Waals surface area (Å²) >= 11 is 0. The van der Waals surface area contributed by atoms with Crippen LogP contribution >= 0.6 is 0 Å². The fraction of sp³-hybridized carbons (Fsp3) is 0.412. The van der Waals surface area contributed by atoms with Gasteiger partial charge in [0.25, 0.3) is 0 Å². The molecule has 0 saturated carbocycles. The van der Waals surface area contributed by atoms with Crippen LogP contribution in [-0.4, -0.2) is 56.1 Å². The summed E-state index contributed by atoms with van der Waals surface area (Å²) in [6.07, 6.45) is 1.86. The molecule has 0 saturated heterocycles. The van der Waals surface area contributed by atoms with Crippen molar-refractivity contribution in [1.29, 1.82) is 0 Å². The lowest BCUT2D eigenvalue weighted by Crippen LogP contribution is -2.54. The molecule has 232 valence electrons. The van der Waals surface area contributed by atoms with Gasteiger partial charge in [0.15, 0.2) is 0 Å². The van der Waals surface area contributed by atoms with E-state index in [-0.39, 0.29) is 37.7 Å². The topological polar surface area (TPSA) is 96.0 Å². The first-order chi connectivity index (χ1) is 20.3. The van der Waals surface area contributed by atoms with E-state index in [1.165, 1.54) is 4.31 Å². The lowest BCUT2D eigenvalue weighted by Gasteiger charge is -2.34. The molecule has 0 aliphatic rings. The number of sulfonamides is 1. The normalized spacial score (nSPS) is 12.3. The molecule has 3 aromatic carbocycles. The standard InChI is InChI=1S/C34H45N3O5S/c1-7-42-30-21-19-29(20-22-30)37(43(6,40)41)23-11-14-32(38)36(25-28-17-15-26(2)16-18-28)31(33(39)35-34(3,4)5)24-27-12-9-8-10-13-27/h8-10,12-13,15-22,31H,7,11,14,23-25H2,1-6H3,(H,35,39)/t31-/m1/s1. The number of hydrogen-bond acceptors (Lipinski definition) is 5. The molecule has 0 aromatic heterocycles. The zero-order chi connectivity index (χ0) is 31.6. The SMILES string of the molecule is CCOc1ccc(N(CCCC(=O)N(Cc2ccc(C)cc2)[C@H](Cc2ccccc2)C(=O)NC(C)(C)C)S(C)(=O)=O)cc1. The van der Waals surface area contributed by atoms with Gasteiger partial charge in [-0.15, -0.1) is 0 Å². The van der Waals surface area contributed by atoms with Crippen LogP contribution < -0.4 is 14.4 Å². The van der Waals surface area contributed by atoms with Gasteiger partial charge >= 0.3 is 0 Å². The van der Waals surface area contributed by atoms with Crippen molar-refractivity contribution < 1.29 is 22.7 Å². The molecule has 0 bridgehead atoms. The van der Waals surface area contributed by atoms with Crippen molar-refractivity contribution in [3.8, 4) is 5.75 Å². The molecule has 2 amide bonds. The van der Waals surface area contributed by atoms with E-state index in [9.17, 15) is 18.0 Å². The van der Waals surface area contributed by atoms with E-state index in [2.05, 4.69) is 5.32 Å². The lowest BCUT2D eigenvalue weighted by molar-refractivity contribution is -0.142. The average molecular weight is 608 g/mol. The highest BCUT2D eigenvalue weighted by molar-refractivity contribution is 7.92. The van der Waals surface area contributed by atoms with Gasteiger partial charge in [-0.25, -0.2) is 8.42 Å². The zero-order valence-electron chi connectivity index (χ0n) is 26.2. The molecule has 0 spiro atoms. The summed E-state index contributed by atoms with van der Waals surface area (Å²) in [5, 5.41) is 3.07. The van der Waals surface area contributed by atoms with Crippen LogP contribution in [0.25, 0.3) is 0 Å². The van der Waals surface area contributed by atoms with Gasteiger partial charge in [0.05, 0.1) is 18.6 Å². The van der Waals surface area contributed by atoms with Gasteiger partial charge in [0, 0.05) is 31.5 Å². The van der Waals surface area contributed by atoms with Crippen molar-refractivity contribution in [2.75, 3.05) is 23.7 Å². The second kappa shape index (κ2) is 15.0. The van der Waals surface area contributed by atoms with Gasteiger partial charge < -0.3 is 15.0 Å². The lowest BCUT2D eigenvalue weighted by atomic mass is 10.00. The van der Waals surface area contributed by atoms with Gasteiger partial charge in [-0.3, -0.25) is 13.9 Å². The van der Waals surface area contributed by atoms with Gasteiger partial charge in [0.2, 0.25) is 21.8 Å². The summed E-state index contributed by atoms with van der Waals surface area (Å²) < 4.78 is 32.2. The van der Waals surface area contributed by atoms with Gasteiger partial charge in [-0.1, -0.05) is 60.2 Å². The van der Waals surface area contributed by atoms with E-state index in [1.807, 2.05) is 89.2 Å². The fourth-order valence-electron chi connectivity index (χ4n) is 4.78. The smallest absolute Gasteiger partial charge is 0.243 e. The van der Waals surface area contributed by atoms with Gasteiger partial charge in [-0.05, 0) is 76.4 Å². The first kappa shape index (κ1) is 33.6. The molecule has 8 nitrogen and oxygen atoms in total. The summed E-state index contributed by atoms with van der Waals surface area (Å²) in [6.45, 7) is 10.5. The molecule has 0 fully saturated rings. The summed E-state index contributed by atoms with van der Waals surface area (Å²) in [5.41, 5.74) is 2.97. The zero-order valence-corrected chi connectivity index (χ0v) is 27.0. The van der Waals surface area contributed by atoms with Crippen molar-refractivity contribution in [1.82, 2.24) is 10.2 Å². The van der Waals surface area contributed by atoms with E-state index >= 15 is 0 Å². The van der Waals surface area contributed by atoms with Crippen LogP contribution in [0.1, 0.15) is 57.2 Å². The minimum absolute atomic E-state index is 0.0724. The van der Waals surface area contributed by atoms with Crippen LogP contribution in [0.3, 0.4) is 0 Å². The highest BCUT2D eigenvalue weighted by Gasteiger charge is 2.32. The van der Waals surface area contributed by atoms with E-state index < -0.39 is 21.6 Å². The van der Waals surface area contributed by atoms with Crippen LogP contribution in [-0.2, 0) is 32.6 Å². The minimum Gasteiger partial charge on any atom is -0.494 e. The summed E-state index contributed by atoms with van der Waals surface area (Å²) in [6, 6.07) is 23.7. The van der Waals surface area contributed by atoms with Crippen LogP contribution in [0.15, 0.2) is 78.9 Å². The van der Waals surface area contributed by atoms with Crippen molar-refractivity contribution in [2.24, 2.45) is 0 Å².